The molecule has 1 atom stereocenters. The SMILES string of the molecule is CCCN(C)CC(N)(C(N)=O)C1CC1. The van der Waals surface area contributed by atoms with Crippen LogP contribution >= 0.6 is 0 Å². The molecular weight excluding hydrogens is 178 g/mol. The molecule has 0 aromatic carbocycles. The highest BCUT2D eigenvalue weighted by Crippen LogP contribution is 2.38. The molecule has 0 aromatic heterocycles. The molecule has 14 heavy (non-hydrogen) atoms. The van der Waals surface area contributed by atoms with E-state index in [9.17, 15) is 4.79 Å². The van der Waals surface area contributed by atoms with E-state index in [0.29, 0.717) is 12.5 Å². The van der Waals surface area contributed by atoms with E-state index in [1.165, 1.54) is 0 Å². The van der Waals surface area contributed by atoms with Gasteiger partial charge in [0.2, 0.25) is 5.91 Å². The van der Waals surface area contributed by atoms with Gasteiger partial charge >= 0.3 is 0 Å². The van der Waals surface area contributed by atoms with Crippen molar-refractivity contribution >= 4 is 5.91 Å². The van der Waals surface area contributed by atoms with E-state index >= 15 is 0 Å². The molecule has 1 unspecified atom stereocenters. The molecule has 0 bridgehead atoms. The standard InChI is InChI=1S/C10H21N3O/c1-3-6-13(2)7-10(12,9(11)14)8-4-5-8/h8H,3-7,12H2,1-2H3,(H2,11,14). The van der Waals surface area contributed by atoms with E-state index in [2.05, 4.69) is 11.8 Å². The number of nitrogens with two attached hydrogens (primary N) is 2. The van der Waals surface area contributed by atoms with Crippen LogP contribution in [0.2, 0.25) is 0 Å². The Bertz CT molecular complexity index is 215. The number of carbonyl (C=O) groups excluding carboxylic acids is 1. The summed E-state index contributed by atoms with van der Waals surface area (Å²) in [4.78, 5) is 13.4. The predicted molar refractivity (Wildman–Crippen MR) is 56.6 cm³/mol. The molecule has 1 aliphatic rings. The molecule has 0 heterocycles. The Hall–Kier alpha value is -0.610. The van der Waals surface area contributed by atoms with E-state index in [-0.39, 0.29) is 5.91 Å². The fraction of sp³-hybridized carbons (Fsp3) is 0.900. The Kier molecular flexibility index (Phi) is 3.50. The van der Waals surface area contributed by atoms with Gasteiger partial charge in [-0.1, -0.05) is 6.92 Å². The smallest absolute Gasteiger partial charge is 0.239 e. The number of nitrogens with zero attached hydrogens (tertiary/aromatic N) is 1. The van der Waals surface area contributed by atoms with Crippen LogP contribution in [-0.4, -0.2) is 36.5 Å². The highest BCUT2D eigenvalue weighted by atomic mass is 16.1. The highest BCUT2D eigenvalue weighted by molar-refractivity contribution is 5.85. The molecule has 0 spiro atoms. The summed E-state index contributed by atoms with van der Waals surface area (Å²) < 4.78 is 0. The fourth-order valence-corrected chi connectivity index (χ4v) is 1.91. The molecule has 0 radical (unpaired) electrons. The number of hydrogen-bond donors (Lipinski definition) is 2. The Labute approximate surface area is 85.6 Å². The zero-order valence-electron chi connectivity index (χ0n) is 9.12. The van der Waals surface area contributed by atoms with E-state index in [1.54, 1.807) is 0 Å². The lowest BCUT2D eigenvalue weighted by Gasteiger charge is -2.30. The van der Waals surface area contributed by atoms with Crippen LogP contribution in [0.4, 0.5) is 0 Å². The van der Waals surface area contributed by atoms with Crippen molar-refractivity contribution in [2.45, 2.75) is 31.7 Å². The number of likely N-dealkylation sites (N-methyl/N-ethyl adjacent to an activating group) is 1. The first-order valence-electron chi connectivity index (χ1n) is 5.28. The second-order valence-corrected chi connectivity index (χ2v) is 4.42. The van der Waals surface area contributed by atoms with E-state index in [0.717, 1.165) is 25.8 Å². The second-order valence-electron chi connectivity index (χ2n) is 4.42. The van der Waals surface area contributed by atoms with Crippen molar-refractivity contribution in [3.63, 3.8) is 0 Å². The molecular formula is C10H21N3O. The molecule has 1 saturated carbocycles. The fourth-order valence-electron chi connectivity index (χ4n) is 1.91. The Morgan fingerprint density at radius 3 is 2.50 bits per heavy atom. The number of hydrogen-bond acceptors (Lipinski definition) is 3. The summed E-state index contributed by atoms with van der Waals surface area (Å²) in [6.07, 6.45) is 3.15. The van der Waals surface area contributed by atoms with Gasteiger partial charge in [-0.3, -0.25) is 4.79 Å². The molecule has 1 rings (SSSR count). The van der Waals surface area contributed by atoms with Gasteiger partial charge in [0.1, 0.15) is 5.54 Å². The second kappa shape index (κ2) is 4.28. The summed E-state index contributed by atoms with van der Waals surface area (Å²) in [5.41, 5.74) is 10.6. The molecule has 4 N–H and O–H groups in total. The van der Waals surface area contributed by atoms with Crippen LogP contribution in [0.1, 0.15) is 26.2 Å². The summed E-state index contributed by atoms with van der Waals surface area (Å²) in [6, 6.07) is 0. The third-order valence-electron chi connectivity index (χ3n) is 2.90. The summed E-state index contributed by atoms with van der Waals surface area (Å²) in [5, 5.41) is 0. The number of amides is 1. The first-order chi connectivity index (χ1) is 6.50. The van der Waals surface area contributed by atoms with Gasteiger partial charge < -0.3 is 16.4 Å². The average molecular weight is 199 g/mol. The minimum Gasteiger partial charge on any atom is -0.368 e. The maximum absolute atomic E-state index is 11.3. The quantitative estimate of drug-likeness (QED) is 0.628. The van der Waals surface area contributed by atoms with Crippen molar-refractivity contribution in [2.24, 2.45) is 17.4 Å². The Balaban J connectivity index is 2.55. The summed E-state index contributed by atoms with van der Waals surface area (Å²) in [6.45, 7) is 3.65. The summed E-state index contributed by atoms with van der Waals surface area (Å²) >= 11 is 0. The number of primary amides is 1. The summed E-state index contributed by atoms with van der Waals surface area (Å²) in [5.74, 6) is -0.0535. The van der Waals surface area contributed by atoms with Crippen LogP contribution in [0.15, 0.2) is 0 Å². The van der Waals surface area contributed by atoms with Crippen molar-refractivity contribution in [3.05, 3.63) is 0 Å². The van der Waals surface area contributed by atoms with Crippen LogP contribution in [0.3, 0.4) is 0 Å². The zero-order valence-corrected chi connectivity index (χ0v) is 9.12. The normalized spacial score (nSPS) is 20.9. The van der Waals surface area contributed by atoms with Gasteiger partial charge in [0, 0.05) is 6.54 Å². The molecule has 1 amide bonds. The van der Waals surface area contributed by atoms with Crippen LogP contribution < -0.4 is 11.5 Å². The lowest BCUT2D eigenvalue weighted by Crippen LogP contribution is -2.60. The van der Waals surface area contributed by atoms with Crippen molar-refractivity contribution < 1.29 is 4.79 Å². The monoisotopic (exact) mass is 199 g/mol. The largest absolute Gasteiger partial charge is 0.368 e. The highest BCUT2D eigenvalue weighted by Gasteiger charge is 2.47. The molecule has 0 aromatic rings. The van der Waals surface area contributed by atoms with E-state index in [1.807, 2.05) is 7.05 Å². The number of rotatable bonds is 6. The minimum absolute atomic E-state index is 0.305. The topological polar surface area (TPSA) is 72.3 Å². The van der Waals surface area contributed by atoms with Gasteiger partial charge in [0.25, 0.3) is 0 Å². The maximum atomic E-state index is 11.3. The van der Waals surface area contributed by atoms with E-state index < -0.39 is 5.54 Å². The molecule has 0 saturated heterocycles. The van der Waals surface area contributed by atoms with Gasteiger partial charge in [0.05, 0.1) is 0 Å². The lowest BCUT2D eigenvalue weighted by molar-refractivity contribution is -0.124. The molecule has 1 aliphatic carbocycles. The molecule has 4 nitrogen and oxygen atoms in total. The third kappa shape index (κ3) is 2.45. The first kappa shape index (κ1) is 11.5. The molecule has 1 fully saturated rings. The van der Waals surface area contributed by atoms with E-state index in [4.69, 9.17) is 11.5 Å². The zero-order chi connectivity index (χ0) is 10.8. The summed E-state index contributed by atoms with van der Waals surface area (Å²) in [7, 11) is 1.98. The maximum Gasteiger partial charge on any atom is 0.239 e. The van der Waals surface area contributed by atoms with Crippen molar-refractivity contribution in [2.75, 3.05) is 20.1 Å². The van der Waals surface area contributed by atoms with Gasteiger partial charge in [-0.15, -0.1) is 0 Å². The van der Waals surface area contributed by atoms with Gasteiger partial charge in [-0.05, 0) is 38.8 Å². The van der Waals surface area contributed by atoms with Crippen LogP contribution in [0, 0.1) is 5.92 Å². The van der Waals surface area contributed by atoms with Crippen molar-refractivity contribution in [3.8, 4) is 0 Å². The van der Waals surface area contributed by atoms with Gasteiger partial charge in [0.15, 0.2) is 0 Å². The van der Waals surface area contributed by atoms with Crippen LogP contribution in [0.5, 0.6) is 0 Å². The average Bonchev–Trinajstić information content (AvgIpc) is 2.85. The van der Waals surface area contributed by atoms with Crippen LogP contribution in [0.25, 0.3) is 0 Å². The van der Waals surface area contributed by atoms with Crippen molar-refractivity contribution in [1.82, 2.24) is 4.90 Å². The van der Waals surface area contributed by atoms with Gasteiger partial charge in [-0.25, -0.2) is 0 Å². The minimum atomic E-state index is -0.802. The Morgan fingerprint density at radius 2 is 2.14 bits per heavy atom. The van der Waals surface area contributed by atoms with Gasteiger partial charge in [-0.2, -0.15) is 0 Å². The molecule has 82 valence electrons. The predicted octanol–water partition coefficient (Wildman–Crippen LogP) is -0.0790. The molecule has 4 heteroatoms. The molecule has 0 aliphatic heterocycles. The third-order valence-corrected chi connectivity index (χ3v) is 2.90. The number of carbonyl (C=O) groups is 1. The van der Waals surface area contributed by atoms with Crippen molar-refractivity contribution in [1.29, 1.82) is 0 Å². The lowest BCUT2D eigenvalue weighted by atomic mass is 9.93. The van der Waals surface area contributed by atoms with Crippen LogP contribution in [-0.2, 0) is 4.79 Å². The Morgan fingerprint density at radius 1 is 1.57 bits per heavy atom. The first-order valence-corrected chi connectivity index (χ1v) is 5.28.